The molecule has 1 heterocycles. The van der Waals surface area contributed by atoms with Crippen LogP contribution in [-0.4, -0.2) is 31.1 Å². The van der Waals surface area contributed by atoms with Gasteiger partial charge in [-0.05, 0) is 49.9 Å². The van der Waals surface area contributed by atoms with Crippen LogP contribution >= 0.6 is 0 Å². The van der Waals surface area contributed by atoms with Gasteiger partial charge in [-0.3, -0.25) is 4.90 Å². The van der Waals surface area contributed by atoms with E-state index < -0.39 is 0 Å². The average Bonchev–Trinajstić information content (AvgIpc) is 2.49. The Balaban J connectivity index is 1.99. The highest BCUT2D eigenvalue weighted by Gasteiger charge is 2.32. The number of rotatable bonds is 7. The maximum absolute atomic E-state index is 3.52. The zero-order chi connectivity index (χ0) is 14.3. The maximum atomic E-state index is 3.52. The lowest BCUT2D eigenvalue weighted by molar-refractivity contribution is 0.0995. The van der Waals surface area contributed by atoms with Crippen LogP contribution in [0, 0.1) is 5.41 Å². The fraction of sp³-hybridized carbons (Fsp3) is 0.667. The van der Waals surface area contributed by atoms with Crippen LogP contribution in [0.15, 0.2) is 30.3 Å². The van der Waals surface area contributed by atoms with Gasteiger partial charge in [0, 0.05) is 13.1 Å². The second-order valence-corrected chi connectivity index (χ2v) is 6.29. The molecule has 112 valence electrons. The van der Waals surface area contributed by atoms with Gasteiger partial charge in [-0.15, -0.1) is 0 Å². The van der Waals surface area contributed by atoms with Crippen molar-refractivity contribution in [3.8, 4) is 0 Å². The first-order valence-electron chi connectivity index (χ1n) is 8.25. The van der Waals surface area contributed by atoms with Crippen molar-refractivity contribution in [3.05, 3.63) is 35.9 Å². The molecule has 2 heteroatoms. The van der Waals surface area contributed by atoms with Crippen molar-refractivity contribution in [2.24, 2.45) is 5.41 Å². The van der Waals surface area contributed by atoms with E-state index in [0.29, 0.717) is 5.41 Å². The standard InChI is InChI=1S/C18H30N2/c1-3-10-18(11-13-19-14-12-18)16-20(4-2)15-17-8-6-5-7-9-17/h5-9,19H,3-4,10-16H2,1-2H3. The molecule has 0 aliphatic carbocycles. The second-order valence-electron chi connectivity index (χ2n) is 6.29. The number of benzene rings is 1. The fourth-order valence-corrected chi connectivity index (χ4v) is 3.57. The zero-order valence-electron chi connectivity index (χ0n) is 13.2. The first-order valence-corrected chi connectivity index (χ1v) is 8.25. The van der Waals surface area contributed by atoms with Crippen LogP contribution in [0.2, 0.25) is 0 Å². The zero-order valence-corrected chi connectivity index (χ0v) is 13.2. The van der Waals surface area contributed by atoms with Crippen LogP contribution in [0.5, 0.6) is 0 Å². The quantitative estimate of drug-likeness (QED) is 0.816. The minimum Gasteiger partial charge on any atom is -0.317 e. The van der Waals surface area contributed by atoms with Gasteiger partial charge in [0.25, 0.3) is 0 Å². The third-order valence-electron chi connectivity index (χ3n) is 4.70. The molecule has 1 fully saturated rings. The van der Waals surface area contributed by atoms with E-state index in [1.165, 1.54) is 50.9 Å². The first kappa shape index (κ1) is 15.5. The summed E-state index contributed by atoms with van der Waals surface area (Å²) in [5.41, 5.74) is 1.99. The van der Waals surface area contributed by atoms with Crippen LogP contribution in [-0.2, 0) is 6.54 Å². The van der Waals surface area contributed by atoms with Crippen molar-refractivity contribution in [3.63, 3.8) is 0 Å². The molecule has 1 aliphatic rings. The molecule has 20 heavy (non-hydrogen) atoms. The summed E-state index contributed by atoms with van der Waals surface area (Å²) in [4.78, 5) is 2.64. The largest absolute Gasteiger partial charge is 0.317 e. The van der Waals surface area contributed by atoms with E-state index in [9.17, 15) is 0 Å². The Kier molecular flexibility index (Phi) is 6.06. The van der Waals surface area contributed by atoms with E-state index in [-0.39, 0.29) is 0 Å². The Morgan fingerprint density at radius 1 is 1.10 bits per heavy atom. The fourth-order valence-electron chi connectivity index (χ4n) is 3.57. The highest BCUT2D eigenvalue weighted by Crippen LogP contribution is 2.35. The minimum absolute atomic E-state index is 0.546. The van der Waals surface area contributed by atoms with Crippen molar-refractivity contribution in [1.82, 2.24) is 10.2 Å². The second kappa shape index (κ2) is 7.80. The van der Waals surface area contributed by atoms with E-state index in [1.54, 1.807) is 0 Å². The van der Waals surface area contributed by atoms with Gasteiger partial charge in [0.1, 0.15) is 0 Å². The Morgan fingerprint density at radius 2 is 1.80 bits per heavy atom. The number of piperidine rings is 1. The molecule has 0 atom stereocenters. The van der Waals surface area contributed by atoms with Gasteiger partial charge in [-0.25, -0.2) is 0 Å². The molecular formula is C18H30N2. The molecule has 1 aliphatic heterocycles. The van der Waals surface area contributed by atoms with E-state index in [2.05, 4.69) is 54.4 Å². The van der Waals surface area contributed by atoms with Gasteiger partial charge in [0.05, 0.1) is 0 Å². The third kappa shape index (κ3) is 4.32. The van der Waals surface area contributed by atoms with E-state index in [1.807, 2.05) is 0 Å². The van der Waals surface area contributed by atoms with Crippen LogP contribution in [0.4, 0.5) is 0 Å². The van der Waals surface area contributed by atoms with Crippen LogP contribution < -0.4 is 5.32 Å². The summed E-state index contributed by atoms with van der Waals surface area (Å²) in [7, 11) is 0. The van der Waals surface area contributed by atoms with Crippen molar-refractivity contribution in [2.75, 3.05) is 26.2 Å². The lowest BCUT2D eigenvalue weighted by Crippen LogP contribution is -2.44. The molecule has 1 saturated heterocycles. The lowest BCUT2D eigenvalue weighted by atomic mass is 9.75. The van der Waals surface area contributed by atoms with Gasteiger partial charge in [-0.2, -0.15) is 0 Å². The van der Waals surface area contributed by atoms with Crippen molar-refractivity contribution in [2.45, 2.75) is 46.1 Å². The van der Waals surface area contributed by atoms with Crippen molar-refractivity contribution in [1.29, 1.82) is 0 Å². The Labute approximate surface area is 124 Å². The molecule has 0 amide bonds. The van der Waals surface area contributed by atoms with Crippen LogP contribution in [0.3, 0.4) is 0 Å². The molecule has 0 saturated carbocycles. The predicted molar refractivity (Wildman–Crippen MR) is 86.8 cm³/mol. The Bertz CT molecular complexity index is 363. The molecule has 0 unspecified atom stereocenters. The van der Waals surface area contributed by atoms with Crippen LogP contribution in [0.25, 0.3) is 0 Å². The van der Waals surface area contributed by atoms with Crippen LogP contribution in [0.1, 0.15) is 45.1 Å². The molecule has 0 spiro atoms. The number of nitrogens with zero attached hydrogens (tertiary/aromatic N) is 1. The first-order chi connectivity index (χ1) is 9.78. The summed E-state index contributed by atoms with van der Waals surface area (Å²) < 4.78 is 0. The summed E-state index contributed by atoms with van der Waals surface area (Å²) in [6, 6.07) is 10.9. The topological polar surface area (TPSA) is 15.3 Å². The molecule has 2 rings (SSSR count). The van der Waals surface area contributed by atoms with Gasteiger partial charge < -0.3 is 5.32 Å². The van der Waals surface area contributed by atoms with Crippen molar-refractivity contribution >= 4 is 0 Å². The lowest BCUT2D eigenvalue weighted by Gasteiger charge is -2.41. The van der Waals surface area contributed by atoms with Gasteiger partial charge in [-0.1, -0.05) is 50.6 Å². The predicted octanol–water partition coefficient (Wildman–Crippen LogP) is 3.68. The SMILES string of the molecule is CCCC1(CN(CC)Cc2ccccc2)CCNCC1. The summed E-state index contributed by atoms with van der Waals surface area (Å²) in [5, 5.41) is 3.52. The number of hydrogen-bond donors (Lipinski definition) is 1. The molecule has 1 N–H and O–H groups in total. The monoisotopic (exact) mass is 274 g/mol. The van der Waals surface area contributed by atoms with Gasteiger partial charge in [0.2, 0.25) is 0 Å². The number of nitrogens with one attached hydrogen (secondary N) is 1. The third-order valence-corrected chi connectivity index (χ3v) is 4.70. The Morgan fingerprint density at radius 3 is 2.40 bits per heavy atom. The molecular weight excluding hydrogens is 244 g/mol. The summed E-state index contributed by atoms with van der Waals surface area (Å²) >= 11 is 0. The molecule has 0 bridgehead atoms. The molecule has 1 aromatic carbocycles. The van der Waals surface area contributed by atoms with E-state index >= 15 is 0 Å². The summed E-state index contributed by atoms with van der Waals surface area (Å²) in [5.74, 6) is 0. The summed E-state index contributed by atoms with van der Waals surface area (Å²) in [6.45, 7) is 10.5. The molecule has 1 aromatic rings. The average molecular weight is 274 g/mol. The normalized spacial score (nSPS) is 18.4. The smallest absolute Gasteiger partial charge is 0.0233 e. The minimum atomic E-state index is 0.546. The Hall–Kier alpha value is -0.860. The highest BCUT2D eigenvalue weighted by molar-refractivity contribution is 5.14. The van der Waals surface area contributed by atoms with Gasteiger partial charge >= 0.3 is 0 Å². The molecule has 0 radical (unpaired) electrons. The van der Waals surface area contributed by atoms with Gasteiger partial charge in [0.15, 0.2) is 0 Å². The molecule has 2 nitrogen and oxygen atoms in total. The molecule has 0 aromatic heterocycles. The maximum Gasteiger partial charge on any atom is 0.0233 e. The summed E-state index contributed by atoms with van der Waals surface area (Å²) in [6.07, 6.45) is 5.36. The van der Waals surface area contributed by atoms with Crippen molar-refractivity contribution < 1.29 is 0 Å². The van der Waals surface area contributed by atoms with E-state index in [0.717, 1.165) is 13.1 Å². The highest BCUT2D eigenvalue weighted by atomic mass is 15.1. The van der Waals surface area contributed by atoms with E-state index in [4.69, 9.17) is 0 Å². The number of hydrogen-bond acceptors (Lipinski definition) is 2.